The van der Waals surface area contributed by atoms with Crippen LogP contribution in [0.5, 0.6) is 0 Å². The van der Waals surface area contributed by atoms with Crippen LogP contribution in [-0.2, 0) is 6.54 Å². The SMILES string of the molecule is Cc1ccncc1CNCCC1CCC1. The predicted molar refractivity (Wildman–Crippen MR) is 62.6 cm³/mol. The summed E-state index contributed by atoms with van der Waals surface area (Å²) in [7, 11) is 0. The predicted octanol–water partition coefficient (Wildman–Crippen LogP) is 2.67. The molecule has 1 saturated carbocycles. The lowest BCUT2D eigenvalue weighted by Crippen LogP contribution is -2.21. The van der Waals surface area contributed by atoms with Gasteiger partial charge in [0.05, 0.1) is 0 Å². The minimum absolute atomic E-state index is 0.965. The van der Waals surface area contributed by atoms with Crippen LogP contribution in [0.15, 0.2) is 18.5 Å². The number of pyridine rings is 1. The summed E-state index contributed by atoms with van der Waals surface area (Å²) >= 11 is 0. The van der Waals surface area contributed by atoms with Crippen LogP contribution in [0, 0.1) is 12.8 Å². The topological polar surface area (TPSA) is 24.9 Å². The van der Waals surface area contributed by atoms with Crippen molar-refractivity contribution in [1.82, 2.24) is 10.3 Å². The molecular formula is C13H20N2. The van der Waals surface area contributed by atoms with Crippen molar-refractivity contribution in [2.45, 2.75) is 39.2 Å². The van der Waals surface area contributed by atoms with Crippen LogP contribution in [-0.4, -0.2) is 11.5 Å². The van der Waals surface area contributed by atoms with E-state index in [1.807, 2.05) is 12.4 Å². The third-order valence-electron chi connectivity index (χ3n) is 3.42. The lowest BCUT2D eigenvalue weighted by Gasteiger charge is -2.25. The smallest absolute Gasteiger partial charge is 0.0315 e. The first kappa shape index (κ1) is 10.6. The van der Waals surface area contributed by atoms with Gasteiger partial charge in [-0.3, -0.25) is 4.98 Å². The summed E-state index contributed by atoms with van der Waals surface area (Å²) in [5, 5.41) is 3.50. The summed E-state index contributed by atoms with van der Waals surface area (Å²) in [6, 6.07) is 2.07. The van der Waals surface area contributed by atoms with Crippen LogP contribution in [0.25, 0.3) is 0 Å². The van der Waals surface area contributed by atoms with Crippen molar-refractivity contribution < 1.29 is 0 Å². The van der Waals surface area contributed by atoms with E-state index in [2.05, 4.69) is 23.3 Å². The van der Waals surface area contributed by atoms with Gasteiger partial charge in [0.1, 0.15) is 0 Å². The number of hydrogen-bond acceptors (Lipinski definition) is 2. The minimum Gasteiger partial charge on any atom is -0.313 e. The third kappa shape index (κ3) is 3.03. The molecule has 1 aromatic rings. The van der Waals surface area contributed by atoms with E-state index in [9.17, 15) is 0 Å². The third-order valence-corrected chi connectivity index (χ3v) is 3.42. The van der Waals surface area contributed by atoms with Crippen LogP contribution in [0.2, 0.25) is 0 Å². The van der Waals surface area contributed by atoms with Gasteiger partial charge >= 0.3 is 0 Å². The largest absolute Gasteiger partial charge is 0.313 e. The Morgan fingerprint density at radius 2 is 2.33 bits per heavy atom. The van der Waals surface area contributed by atoms with Gasteiger partial charge in [0.2, 0.25) is 0 Å². The standard InChI is InChI=1S/C13H20N2/c1-11-5-7-14-9-13(11)10-15-8-6-12-3-2-4-12/h5,7,9,12,15H,2-4,6,8,10H2,1H3. The summed E-state index contributed by atoms with van der Waals surface area (Å²) in [4.78, 5) is 4.15. The first-order valence-electron chi connectivity index (χ1n) is 5.96. The van der Waals surface area contributed by atoms with Crippen molar-refractivity contribution in [2.75, 3.05) is 6.54 Å². The molecule has 15 heavy (non-hydrogen) atoms. The molecule has 1 aromatic heterocycles. The quantitative estimate of drug-likeness (QED) is 0.746. The molecule has 2 nitrogen and oxygen atoms in total. The zero-order valence-electron chi connectivity index (χ0n) is 9.50. The molecule has 0 unspecified atom stereocenters. The summed E-state index contributed by atoms with van der Waals surface area (Å²) in [6.45, 7) is 4.26. The highest BCUT2D eigenvalue weighted by Crippen LogP contribution is 2.28. The lowest BCUT2D eigenvalue weighted by molar-refractivity contribution is 0.292. The molecule has 1 heterocycles. The molecule has 1 aliphatic rings. The van der Waals surface area contributed by atoms with Gasteiger partial charge in [-0.1, -0.05) is 19.3 Å². The average molecular weight is 204 g/mol. The number of hydrogen-bond donors (Lipinski definition) is 1. The summed E-state index contributed by atoms with van der Waals surface area (Å²) in [6.07, 6.45) is 9.52. The molecule has 0 atom stereocenters. The Kier molecular flexibility index (Phi) is 3.73. The fourth-order valence-corrected chi connectivity index (χ4v) is 1.99. The van der Waals surface area contributed by atoms with E-state index in [1.165, 1.54) is 36.8 Å². The molecule has 1 fully saturated rings. The fraction of sp³-hybridized carbons (Fsp3) is 0.615. The van der Waals surface area contributed by atoms with Gasteiger partial charge in [0, 0.05) is 18.9 Å². The van der Waals surface area contributed by atoms with Crippen LogP contribution in [0.1, 0.15) is 36.8 Å². The van der Waals surface area contributed by atoms with E-state index in [1.54, 1.807) is 0 Å². The number of rotatable bonds is 5. The highest BCUT2D eigenvalue weighted by Gasteiger charge is 2.16. The molecule has 82 valence electrons. The van der Waals surface area contributed by atoms with E-state index in [0.29, 0.717) is 0 Å². The van der Waals surface area contributed by atoms with E-state index >= 15 is 0 Å². The van der Waals surface area contributed by atoms with E-state index < -0.39 is 0 Å². The highest BCUT2D eigenvalue weighted by molar-refractivity contribution is 5.20. The van der Waals surface area contributed by atoms with Gasteiger partial charge in [0.15, 0.2) is 0 Å². The molecule has 0 amide bonds. The van der Waals surface area contributed by atoms with E-state index in [4.69, 9.17) is 0 Å². The summed E-state index contributed by atoms with van der Waals surface area (Å²) in [5.74, 6) is 1.01. The Hall–Kier alpha value is -0.890. The maximum atomic E-state index is 4.15. The first-order valence-corrected chi connectivity index (χ1v) is 5.96. The number of aryl methyl sites for hydroxylation is 1. The van der Waals surface area contributed by atoms with Gasteiger partial charge in [-0.2, -0.15) is 0 Å². The normalized spacial score (nSPS) is 16.3. The van der Waals surface area contributed by atoms with Crippen LogP contribution < -0.4 is 5.32 Å². The lowest BCUT2D eigenvalue weighted by atomic mass is 9.83. The van der Waals surface area contributed by atoms with Gasteiger partial charge in [-0.15, -0.1) is 0 Å². The Balaban J connectivity index is 1.66. The van der Waals surface area contributed by atoms with Gasteiger partial charge in [-0.05, 0) is 43.0 Å². The maximum Gasteiger partial charge on any atom is 0.0315 e. The van der Waals surface area contributed by atoms with Crippen molar-refractivity contribution >= 4 is 0 Å². The maximum absolute atomic E-state index is 4.15. The molecule has 0 radical (unpaired) electrons. The van der Waals surface area contributed by atoms with Crippen molar-refractivity contribution in [3.8, 4) is 0 Å². The van der Waals surface area contributed by atoms with Gasteiger partial charge < -0.3 is 5.32 Å². The molecule has 0 aromatic carbocycles. The van der Waals surface area contributed by atoms with E-state index in [-0.39, 0.29) is 0 Å². The zero-order valence-corrected chi connectivity index (χ0v) is 9.50. The van der Waals surface area contributed by atoms with Crippen molar-refractivity contribution in [3.05, 3.63) is 29.6 Å². The second-order valence-electron chi connectivity index (χ2n) is 4.56. The molecule has 1 aliphatic carbocycles. The molecule has 0 spiro atoms. The molecule has 1 N–H and O–H groups in total. The molecule has 0 aliphatic heterocycles. The minimum atomic E-state index is 0.965. The van der Waals surface area contributed by atoms with Crippen molar-refractivity contribution in [3.63, 3.8) is 0 Å². The first-order chi connectivity index (χ1) is 7.36. The molecule has 0 saturated heterocycles. The summed E-state index contributed by atoms with van der Waals surface area (Å²) < 4.78 is 0. The van der Waals surface area contributed by atoms with Crippen LogP contribution >= 0.6 is 0 Å². The van der Waals surface area contributed by atoms with Crippen molar-refractivity contribution in [2.24, 2.45) is 5.92 Å². The summed E-state index contributed by atoms with van der Waals surface area (Å²) in [5.41, 5.74) is 2.66. The number of aromatic nitrogens is 1. The van der Waals surface area contributed by atoms with Crippen LogP contribution in [0.4, 0.5) is 0 Å². The van der Waals surface area contributed by atoms with Gasteiger partial charge in [-0.25, -0.2) is 0 Å². The fourth-order valence-electron chi connectivity index (χ4n) is 1.99. The van der Waals surface area contributed by atoms with E-state index in [0.717, 1.165) is 19.0 Å². The average Bonchev–Trinajstić information content (AvgIpc) is 2.17. The van der Waals surface area contributed by atoms with Crippen molar-refractivity contribution in [1.29, 1.82) is 0 Å². The van der Waals surface area contributed by atoms with Gasteiger partial charge in [0.25, 0.3) is 0 Å². The molecule has 2 rings (SSSR count). The zero-order chi connectivity index (χ0) is 10.5. The number of nitrogens with zero attached hydrogens (tertiary/aromatic N) is 1. The Morgan fingerprint density at radius 3 is 3.00 bits per heavy atom. The monoisotopic (exact) mass is 204 g/mol. The second kappa shape index (κ2) is 5.26. The Bertz CT molecular complexity index is 305. The molecular weight excluding hydrogens is 184 g/mol. The van der Waals surface area contributed by atoms with Crippen LogP contribution in [0.3, 0.4) is 0 Å². The second-order valence-corrected chi connectivity index (χ2v) is 4.56. The highest BCUT2D eigenvalue weighted by atomic mass is 14.9. The number of nitrogens with one attached hydrogen (secondary N) is 1. The Labute approximate surface area is 92.1 Å². The Morgan fingerprint density at radius 1 is 1.47 bits per heavy atom. The molecule has 0 bridgehead atoms. The molecule has 2 heteroatoms.